The Morgan fingerprint density at radius 3 is 2.10 bits per heavy atom. The molecule has 0 aliphatic rings. The molecule has 0 saturated carbocycles. The largest absolute Gasteiger partial charge is 1.00 e. The summed E-state index contributed by atoms with van der Waals surface area (Å²) >= 11 is 7.98. The summed E-state index contributed by atoms with van der Waals surface area (Å²) in [7, 11) is 0. The third-order valence-electron chi connectivity index (χ3n) is 0.562. The number of aliphatic hydroxyl groups is 1. The molecule has 0 aromatic heterocycles. The van der Waals surface area contributed by atoms with Gasteiger partial charge in [0.05, 0.1) is 9.77 Å². The Morgan fingerprint density at radius 2 is 2.10 bits per heavy atom. The van der Waals surface area contributed by atoms with Crippen LogP contribution in [0.1, 0.15) is 0 Å². The van der Waals surface area contributed by atoms with Crippen LogP contribution in [0.2, 0.25) is 0 Å². The Bertz CT molecular complexity index is 204. The van der Waals surface area contributed by atoms with Crippen molar-refractivity contribution < 1.29 is 56.5 Å². The SMILES string of the molecule is N#C/C(C(=S)S)=C(/[NH-])O.[K+]. The van der Waals surface area contributed by atoms with Crippen molar-refractivity contribution in [1.29, 1.82) is 5.26 Å². The molecule has 2 N–H and O–H groups in total. The fraction of sp³-hybridized carbons (Fsp3) is 0. The Labute approximate surface area is 112 Å². The zero-order valence-electron chi connectivity index (χ0n) is 5.25. The second-order valence-corrected chi connectivity index (χ2v) is 2.30. The first-order valence-electron chi connectivity index (χ1n) is 1.87. The van der Waals surface area contributed by atoms with E-state index in [1.54, 1.807) is 0 Å². The molecule has 0 rings (SSSR count). The predicted octanol–water partition coefficient (Wildman–Crippen LogP) is -1.41. The fourth-order valence-electron chi connectivity index (χ4n) is 0.202. The minimum absolute atomic E-state index is 0. The predicted molar refractivity (Wildman–Crippen MR) is 41.2 cm³/mol. The van der Waals surface area contributed by atoms with Gasteiger partial charge in [0.25, 0.3) is 0 Å². The molecule has 0 bridgehead atoms. The Morgan fingerprint density at radius 1 is 1.70 bits per heavy atom. The normalized spacial score (nSPS) is 10.4. The molecule has 0 atom stereocenters. The molecule has 0 radical (unpaired) electrons. The number of aliphatic hydroxyl groups excluding tert-OH is 1. The molecule has 0 aliphatic heterocycles. The maximum absolute atomic E-state index is 8.37. The summed E-state index contributed by atoms with van der Waals surface area (Å²) in [5, 5.41) is 16.5. The molecule has 48 valence electrons. The molecule has 0 aromatic rings. The Balaban J connectivity index is 0. The minimum Gasteiger partial charge on any atom is -0.667 e. The third kappa shape index (κ3) is 4.68. The van der Waals surface area contributed by atoms with Crippen LogP contribution in [-0.2, 0) is 0 Å². The van der Waals surface area contributed by atoms with E-state index in [-0.39, 0.29) is 61.2 Å². The number of hydrogen-bond donors (Lipinski definition) is 2. The summed E-state index contributed by atoms with van der Waals surface area (Å²) in [5.74, 6) is -0.836. The van der Waals surface area contributed by atoms with Crippen LogP contribution in [0.5, 0.6) is 0 Å². The number of hydrogen-bond acceptors (Lipinski definition) is 3. The average molecular weight is 198 g/mol. The van der Waals surface area contributed by atoms with Gasteiger partial charge in [0.15, 0.2) is 0 Å². The van der Waals surface area contributed by atoms with E-state index in [1.807, 2.05) is 0 Å². The van der Waals surface area contributed by atoms with E-state index < -0.39 is 5.88 Å². The van der Waals surface area contributed by atoms with Gasteiger partial charge in [-0.25, -0.2) is 0 Å². The van der Waals surface area contributed by atoms with E-state index in [1.165, 1.54) is 6.07 Å². The van der Waals surface area contributed by atoms with Gasteiger partial charge in [-0.15, -0.1) is 12.6 Å². The molecule has 6 heteroatoms. The first kappa shape index (κ1) is 13.5. The monoisotopic (exact) mass is 198 g/mol. The van der Waals surface area contributed by atoms with E-state index in [4.69, 9.17) is 16.1 Å². The third-order valence-corrected chi connectivity index (χ3v) is 0.990. The summed E-state index contributed by atoms with van der Waals surface area (Å²) in [6.07, 6.45) is 0. The number of nitrogens with zero attached hydrogens (tertiary/aromatic N) is 1. The zero-order valence-corrected chi connectivity index (χ0v) is 10.1. The molecule has 0 heterocycles. The topological polar surface area (TPSA) is 67.8 Å². The smallest absolute Gasteiger partial charge is 0.667 e. The van der Waals surface area contributed by atoms with Gasteiger partial charge in [-0.2, -0.15) is 5.26 Å². The minimum atomic E-state index is -0.836. The van der Waals surface area contributed by atoms with Gasteiger partial charge in [0.2, 0.25) is 0 Å². The van der Waals surface area contributed by atoms with Crippen LogP contribution in [0, 0.1) is 11.3 Å². The van der Waals surface area contributed by atoms with Crippen molar-refractivity contribution >= 4 is 29.0 Å². The molecule has 0 saturated heterocycles. The summed E-state index contributed by atoms with van der Waals surface area (Å²) in [6.45, 7) is 0. The maximum atomic E-state index is 8.37. The molecular formula is C4H3KN2OS2. The summed E-state index contributed by atoms with van der Waals surface area (Å²) < 4.78 is -0.0648. The summed E-state index contributed by atoms with van der Waals surface area (Å²) in [4.78, 5) is 0. The van der Waals surface area contributed by atoms with Gasteiger partial charge in [0.1, 0.15) is 6.07 Å². The van der Waals surface area contributed by atoms with Gasteiger partial charge in [0, 0.05) is 5.88 Å². The van der Waals surface area contributed by atoms with Crippen LogP contribution in [0.15, 0.2) is 11.5 Å². The molecule has 3 nitrogen and oxygen atoms in total. The zero-order chi connectivity index (χ0) is 7.44. The van der Waals surface area contributed by atoms with Gasteiger partial charge >= 0.3 is 51.4 Å². The molecule has 10 heavy (non-hydrogen) atoms. The van der Waals surface area contributed by atoms with Gasteiger partial charge in [-0.05, 0) is 0 Å². The van der Waals surface area contributed by atoms with E-state index in [0.717, 1.165) is 0 Å². The Kier molecular flexibility index (Phi) is 8.91. The number of nitrogens with one attached hydrogen (secondary N) is 1. The maximum Gasteiger partial charge on any atom is 1.00 e. The standard InChI is InChI=1S/C4H4N2OS2.K/c5-1-2(3(6)7)4(8)9;/h(H4,6,7,8,9);/q;+1/p-1. The summed E-state index contributed by atoms with van der Waals surface area (Å²) in [6, 6.07) is 1.53. The van der Waals surface area contributed by atoms with E-state index in [0.29, 0.717) is 0 Å². The van der Waals surface area contributed by atoms with Crippen LogP contribution in [-0.4, -0.2) is 9.30 Å². The molecule has 0 spiro atoms. The number of nitriles is 1. The van der Waals surface area contributed by atoms with Crippen LogP contribution >= 0.6 is 24.8 Å². The second-order valence-electron chi connectivity index (χ2n) is 1.14. The van der Waals surface area contributed by atoms with Crippen molar-refractivity contribution in [2.24, 2.45) is 0 Å². The van der Waals surface area contributed by atoms with Crippen molar-refractivity contribution in [2.45, 2.75) is 0 Å². The number of rotatable bonds is 1. The van der Waals surface area contributed by atoms with Crippen LogP contribution in [0.25, 0.3) is 5.73 Å². The van der Waals surface area contributed by atoms with E-state index in [9.17, 15) is 0 Å². The quantitative estimate of drug-likeness (QED) is 0.136. The number of thiocarbonyl (C=S) groups is 1. The van der Waals surface area contributed by atoms with Crippen molar-refractivity contribution in [2.75, 3.05) is 0 Å². The Hall–Kier alpha value is 0.906. The van der Waals surface area contributed by atoms with Gasteiger partial charge in [-0.1, -0.05) is 12.2 Å². The first-order chi connectivity index (χ1) is 4.09. The van der Waals surface area contributed by atoms with Crippen molar-refractivity contribution in [1.82, 2.24) is 0 Å². The van der Waals surface area contributed by atoms with Crippen LogP contribution in [0.4, 0.5) is 0 Å². The van der Waals surface area contributed by atoms with Crippen LogP contribution in [0.3, 0.4) is 0 Å². The number of thiol groups is 1. The molecule has 0 fully saturated rings. The van der Waals surface area contributed by atoms with Crippen LogP contribution < -0.4 is 51.4 Å². The summed E-state index contributed by atoms with van der Waals surface area (Å²) in [5.41, 5.74) is 6.27. The van der Waals surface area contributed by atoms with Crippen molar-refractivity contribution in [3.05, 3.63) is 17.2 Å². The average Bonchev–Trinajstić information content (AvgIpc) is 1.64. The van der Waals surface area contributed by atoms with E-state index >= 15 is 0 Å². The van der Waals surface area contributed by atoms with Gasteiger partial charge < -0.3 is 10.8 Å². The molecule has 0 amide bonds. The van der Waals surface area contributed by atoms with Gasteiger partial charge in [-0.3, -0.25) is 0 Å². The molecular weight excluding hydrogens is 195 g/mol. The van der Waals surface area contributed by atoms with E-state index in [2.05, 4.69) is 24.8 Å². The van der Waals surface area contributed by atoms with Crippen molar-refractivity contribution in [3.63, 3.8) is 0 Å². The fourth-order valence-corrected chi connectivity index (χ4v) is 0.500. The molecule has 0 aliphatic carbocycles. The first-order valence-corrected chi connectivity index (χ1v) is 2.73. The second kappa shape index (κ2) is 6.61. The molecule has 0 unspecified atom stereocenters. The molecule has 0 aromatic carbocycles. The van der Waals surface area contributed by atoms with Crippen molar-refractivity contribution in [3.8, 4) is 6.07 Å².